The molecule has 20 heavy (non-hydrogen) atoms. The zero-order chi connectivity index (χ0) is 14.3. The Labute approximate surface area is 135 Å². The van der Waals surface area contributed by atoms with Crippen molar-refractivity contribution < 1.29 is 4.79 Å². The maximum Gasteiger partial charge on any atom is 0.137 e. The topological polar surface area (TPSA) is 20.3 Å². The highest BCUT2D eigenvalue weighted by Gasteiger charge is 2.48. The van der Waals surface area contributed by atoms with E-state index in [2.05, 4.69) is 58.8 Å². The van der Waals surface area contributed by atoms with Gasteiger partial charge in [0.2, 0.25) is 0 Å². The standard InChI is InChI=1S/C17H22INO/c1-3-16(20)17-14(11-5-4-6-12(18)9-11)10-13-7-8-15(17)19(13)2/h4-6,9,13-15,17H,3,7-8,10H2,1-2H3/t13-,14+,15+,17-/m0/s1. The van der Waals surface area contributed by atoms with Crippen molar-refractivity contribution >= 4 is 28.4 Å². The number of benzene rings is 1. The highest BCUT2D eigenvalue weighted by atomic mass is 127. The summed E-state index contributed by atoms with van der Waals surface area (Å²) in [5, 5.41) is 0. The number of piperidine rings is 1. The van der Waals surface area contributed by atoms with E-state index in [4.69, 9.17) is 0 Å². The molecule has 0 unspecified atom stereocenters. The number of hydrogen-bond donors (Lipinski definition) is 0. The molecule has 2 aliphatic heterocycles. The van der Waals surface area contributed by atoms with Crippen LogP contribution < -0.4 is 0 Å². The average molecular weight is 383 g/mol. The Balaban J connectivity index is 1.97. The minimum Gasteiger partial charge on any atom is -0.300 e. The summed E-state index contributed by atoms with van der Waals surface area (Å²) in [5.41, 5.74) is 1.37. The fourth-order valence-corrected chi connectivity index (χ4v) is 4.79. The predicted molar refractivity (Wildman–Crippen MR) is 89.9 cm³/mol. The molecule has 2 saturated heterocycles. The smallest absolute Gasteiger partial charge is 0.137 e. The van der Waals surface area contributed by atoms with Gasteiger partial charge in [-0.25, -0.2) is 0 Å². The molecule has 0 saturated carbocycles. The van der Waals surface area contributed by atoms with Crippen molar-refractivity contribution in [3.8, 4) is 0 Å². The molecular formula is C17H22INO. The van der Waals surface area contributed by atoms with E-state index in [1.807, 2.05) is 6.92 Å². The zero-order valence-electron chi connectivity index (χ0n) is 12.2. The molecule has 0 spiro atoms. The fourth-order valence-electron chi connectivity index (χ4n) is 4.22. The largest absolute Gasteiger partial charge is 0.300 e. The summed E-state index contributed by atoms with van der Waals surface area (Å²) in [4.78, 5) is 15.0. The normalized spacial score (nSPS) is 33.4. The molecule has 2 heterocycles. The van der Waals surface area contributed by atoms with Crippen LogP contribution in [0.1, 0.15) is 44.1 Å². The third-order valence-corrected chi connectivity index (χ3v) is 5.94. The number of rotatable bonds is 3. The lowest BCUT2D eigenvalue weighted by atomic mass is 9.73. The van der Waals surface area contributed by atoms with Gasteiger partial charge in [0.15, 0.2) is 0 Å². The Kier molecular flexibility index (Phi) is 4.18. The van der Waals surface area contributed by atoms with Gasteiger partial charge in [0.1, 0.15) is 5.78 Å². The van der Waals surface area contributed by atoms with E-state index in [-0.39, 0.29) is 5.92 Å². The van der Waals surface area contributed by atoms with E-state index in [0.29, 0.717) is 30.2 Å². The van der Waals surface area contributed by atoms with E-state index >= 15 is 0 Å². The Hall–Kier alpha value is -0.420. The number of carbonyl (C=O) groups excluding carboxylic acids is 1. The molecule has 1 aromatic rings. The van der Waals surface area contributed by atoms with Crippen molar-refractivity contribution in [2.75, 3.05) is 7.05 Å². The summed E-state index contributed by atoms with van der Waals surface area (Å²) < 4.78 is 1.27. The predicted octanol–water partition coefficient (Wildman–Crippen LogP) is 3.84. The summed E-state index contributed by atoms with van der Waals surface area (Å²) in [6, 6.07) is 9.88. The van der Waals surface area contributed by atoms with Crippen LogP contribution in [0.15, 0.2) is 24.3 Å². The average Bonchev–Trinajstić information content (AvgIpc) is 2.69. The third kappa shape index (κ3) is 2.43. The summed E-state index contributed by atoms with van der Waals surface area (Å²) >= 11 is 2.37. The molecule has 1 aromatic carbocycles. The summed E-state index contributed by atoms with van der Waals surface area (Å²) in [6.45, 7) is 2.01. The van der Waals surface area contributed by atoms with Crippen molar-refractivity contribution in [1.29, 1.82) is 0 Å². The number of nitrogens with zero attached hydrogens (tertiary/aromatic N) is 1. The number of ketones is 1. The second-order valence-electron chi connectivity index (χ2n) is 6.21. The van der Waals surface area contributed by atoms with Crippen molar-refractivity contribution in [3.63, 3.8) is 0 Å². The summed E-state index contributed by atoms with van der Waals surface area (Å²) in [5.74, 6) is 1.07. The molecule has 3 heteroatoms. The van der Waals surface area contributed by atoms with E-state index in [1.165, 1.54) is 22.0 Å². The highest BCUT2D eigenvalue weighted by Crippen LogP contribution is 2.46. The molecule has 0 radical (unpaired) electrons. The molecule has 4 atom stereocenters. The van der Waals surface area contributed by atoms with Crippen LogP contribution in [0.3, 0.4) is 0 Å². The summed E-state index contributed by atoms with van der Waals surface area (Å²) in [7, 11) is 2.21. The Bertz CT molecular complexity index is 515. The molecule has 2 fully saturated rings. The zero-order valence-corrected chi connectivity index (χ0v) is 14.3. The van der Waals surface area contributed by atoms with Gasteiger partial charge in [0, 0.05) is 28.0 Å². The fraction of sp³-hybridized carbons (Fsp3) is 0.588. The number of fused-ring (bicyclic) bond motifs is 2. The first-order chi connectivity index (χ1) is 9.61. The maximum absolute atomic E-state index is 12.5. The molecule has 2 nitrogen and oxygen atoms in total. The molecule has 0 aromatic heterocycles. The third-order valence-electron chi connectivity index (χ3n) is 5.27. The number of halogens is 1. The lowest BCUT2D eigenvalue weighted by molar-refractivity contribution is -0.126. The molecule has 108 valence electrons. The van der Waals surface area contributed by atoms with Crippen molar-refractivity contribution in [2.24, 2.45) is 5.92 Å². The second kappa shape index (κ2) is 5.76. The molecule has 2 bridgehead atoms. The molecule has 0 amide bonds. The molecular weight excluding hydrogens is 361 g/mol. The maximum atomic E-state index is 12.5. The summed E-state index contributed by atoms with van der Waals surface area (Å²) in [6.07, 6.45) is 4.26. The number of carbonyl (C=O) groups is 1. The number of Topliss-reactive ketones (excluding diaryl/α,β-unsaturated/α-hetero) is 1. The lowest BCUT2D eigenvalue weighted by Gasteiger charge is -2.42. The van der Waals surface area contributed by atoms with E-state index in [1.54, 1.807) is 0 Å². The van der Waals surface area contributed by atoms with Gasteiger partial charge in [-0.05, 0) is 72.5 Å². The minimum absolute atomic E-state index is 0.196. The second-order valence-corrected chi connectivity index (χ2v) is 7.45. The van der Waals surface area contributed by atoms with Crippen LogP contribution in [-0.2, 0) is 4.79 Å². The quantitative estimate of drug-likeness (QED) is 0.740. The van der Waals surface area contributed by atoms with Crippen LogP contribution in [0.4, 0.5) is 0 Å². The monoisotopic (exact) mass is 383 g/mol. The van der Waals surface area contributed by atoms with Gasteiger partial charge in [-0.1, -0.05) is 19.1 Å². The molecule has 3 rings (SSSR count). The van der Waals surface area contributed by atoms with Crippen LogP contribution in [0.2, 0.25) is 0 Å². The van der Waals surface area contributed by atoms with E-state index < -0.39 is 0 Å². The molecule has 2 aliphatic rings. The first-order valence-corrected chi connectivity index (χ1v) is 8.69. The van der Waals surface area contributed by atoms with Gasteiger partial charge in [-0.15, -0.1) is 0 Å². The molecule has 0 N–H and O–H groups in total. The Morgan fingerprint density at radius 1 is 1.40 bits per heavy atom. The SMILES string of the molecule is CCC(=O)[C@H]1[C@@H](c2cccc(I)c2)C[C@@H]2CC[C@H]1N2C. The first kappa shape index (κ1) is 14.5. The number of hydrogen-bond acceptors (Lipinski definition) is 2. The van der Waals surface area contributed by atoms with Crippen LogP contribution >= 0.6 is 22.6 Å². The van der Waals surface area contributed by atoms with Gasteiger partial charge in [-0.2, -0.15) is 0 Å². The van der Waals surface area contributed by atoms with Gasteiger partial charge in [0.25, 0.3) is 0 Å². The van der Waals surface area contributed by atoms with E-state index in [9.17, 15) is 4.79 Å². The van der Waals surface area contributed by atoms with Crippen LogP contribution in [0.25, 0.3) is 0 Å². The van der Waals surface area contributed by atoms with Crippen molar-refractivity contribution in [2.45, 2.75) is 50.6 Å². The first-order valence-electron chi connectivity index (χ1n) is 7.62. The van der Waals surface area contributed by atoms with Crippen LogP contribution in [0, 0.1) is 9.49 Å². The van der Waals surface area contributed by atoms with Crippen molar-refractivity contribution in [3.05, 3.63) is 33.4 Å². The minimum atomic E-state index is 0.196. The molecule has 0 aliphatic carbocycles. The van der Waals surface area contributed by atoms with Gasteiger partial charge in [0.05, 0.1) is 0 Å². The van der Waals surface area contributed by atoms with Crippen molar-refractivity contribution in [1.82, 2.24) is 4.90 Å². The Morgan fingerprint density at radius 3 is 2.90 bits per heavy atom. The van der Waals surface area contributed by atoms with Crippen LogP contribution in [-0.4, -0.2) is 29.8 Å². The Morgan fingerprint density at radius 2 is 2.20 bits per heavy atom. The van der Waals surface area contributed by atoms with Gasteiger partial charge < -0.3 is 0 Å². The lowest BCUT2D eigenvalue weighted by Crippen LogP contribution is -2.48. The van der Waals surface area contributed by atoms with Crippen LogP contribution in [0.5, 0.6) is 0 Å². The highest BCUT2D eigenvalue weighted by molar-refractivity contribution is 14.1. The van der Waals surface area contributed by atoms with Gasteiger partial charge >= 0.3 is 0 Å². The van der Waals surface area contributed by atoms with Gasteiger partial charge in [-0.3, -0.25) is 9.69 Å². The van der Waals surface area contributed by atoms with E-state index in [0.717, 1.165) is 6.42 Å².